The Hall–Kier alpha value is -1.36. The molecule has 0 spiro atoms. The molecule has 1 unspecified atom stereocenters. The van der Waals surface area contributed by atoms with Crippen LogP contribution in [0.2, 0.25) is 0 Å². The molecule has 1 aromatic rings. The van der Waals surface area contributed by atoms with Crippen molar-refractivity contribution in [1.82, 2.24) is 4.90 Å². The quantitative estimate of drug-likeness (QED) is 0.855. The van der Waals surface area contributed by atoms with Crippen molar-refractivity contribution in [2.75, 3.05) is 18.6 Å². The Morgan fingerprint density at radius 2 is 1.81 bits per heavy atom. The van der Waals surface area contributed by atoms with Crippen molar-refractivity contribution < 1.29 is 13.2 Å². The zero-order chi connectivity index (χ0) is 15.8. The van der Waals surface area contributed by atoms with Gasteiger partial charge in [-0.15, -0.1) is 0 Å². The molecule has 0 bridgehead atoms. The fourth-order valence-corrected chi connectivity index (χ4v) is 4.56. The van der Waals surface area contributed by atoms with E-state index in [1.807, 2.05) is 13.8 Å². The Morgan fingerprint density at radius 1 is 1.19 bits per heavy atom. The summed E-state index contributed by atoms with van der Waals surface area (Å²) >= 11 is 0. The fourth-order valence-electron chi connectivity index (χ4n) is 2.78. The van der Waals surface area contributed by atoms with Crippen LogP contribution in [0.4, 0.5) is 0 Å². The van der Waals surface area contributed by atoms with Crippen molar-refractivity contribution >= 4 is 15.7 Å². The summed E-state index contributed by atoms with van der Waals surface area (Å²) in [6.07, 6.45) is 0.885. The molecule has 1 heterocycles. The smallest absolute Gasteiger partial charge is 0.227 e. The third-order valence-electron chi connectivity index (χ3n) is 4.44. The monoisotopic (exact) mass is 309 g/mol. The van der Waals surface area contributed by atoms with Gasteiger partial charge in [0.25, 0.3) is 0 Å². The zero-order valence-corrected chi connectivity index (χ0v) is 14.0. The van der Waals surface area contributed by atoms with Gasteiger partial charge in [-0.05, 0) is 49.4 Å². The van der Waals surface area contributed by atoms with Crippen LogP contribution in [0.3, 0.4) is 0 Å². The third kappa shape index (κ3) is 3.64. The number of benzene rings is 1. The molecule has 1 atom stereocenters. The average Bonchev–Trinajstić information content (AvgIpc) is 2.75. The average molecular weight is 309 g/mol. The summed E-state index contributed by atoms with van der Waals surface area (Å²) in [4.78, 5) is 14.0. The summed E-state index contributed by atoms with van der Waals surface area (Å²) in [5.41, 5.74) is 4.53. The van der Waals surface area contributed by atoms with Gasteiger partial charge in [0.05, 0.1) is 17.9 Å². The van der Waals surface area contributed by atoms with E-state index in [1.54, 1.807) is 11.9 Å². The van der Waals surface area contributed by atoms with Crippen LogP contribution in [0.15, 0.2) is 12.1 Å². The molecule has 0 aromatic heterocycles. The van der Waals surface area contributed by atoms with Gasteiger partial charge in [-0.3, -0.25) is 4.79 Å². The van der Waals surface area contributed by atoms with Crippen LogP contribution in [0.25, 0.3) is 0 Å². The number of rotatable bonds is 3. The van der Waals surface area contributed by atoms with Gasteiger partial charge in [0.1, 0.15) is 0 Å². The van der Waals surface area contributed by atoms with Crippen LogP contribution in [0.5, 0.6) is 0 Å². The summed E-state index contributed by atoms with van der Waals surface area (Å²) in [6.45, 7) is 6.11. The third-order valence-corrected chi connectivity index (χ3v) is 6.19. The molecule has 116 valence electrons. The lowest BCUT2D eigenvalue weighted by Crippen LogP contribution is -2.38. The summed E-state index contributed by atoms with van der Waals surface area (Å²) in [6, 6.07) is 3.98. The van der Waals surface area contributed by atoms with Gasteiger partial charge in [-0.25, -0.2) is 8.42 Å². The second-order valence-electron chi connectivity index (χ2n) is 6.10. The van der Waals surface area contributed by atoms with Crippen molar-refractivity contribution in [3.05, 3.63) is 34.4 Å². The van der Waals surface area contributed by atoms with E-state index >= 15 is 0 Å². The van der Waals surface area contributed by atoms with Crippen molar-refractivity contribution in [3.8, 4) is 0 Å². The van der Waals surface area contributed by atoms with Crippen molar-refractivity contribution in [3.63, 3.8) is 0 Å². The number of hydrogen-bond donors (Lipinski definition) is 0. The molecule has 0 saturated carbocycles. The molecule has 4 nitrogen and oxygen atoms in total. The number of nitrogens with zero attached hydrogens (tertiary/aromatic N) is 1. The zero-order valence-electron chi connectivity index (χ0n) is 13.1. The van der Waals surface area contributed by atoms with Crippen LogP contribution >= 0.6 is 0 Å². The molecule has 0 aliphatic carbocycles. The van der Waals surface area contributed by atoms with E-state index in [0.717, 1.165) is 11.1 Å². The number of amides is 1. The van der Waals surface area contributed by atoms with Crippen LogP contribution in [-0.4, -0.2) is 43.8 Å². The Labute approximate surface area is 127 Å². The summed E-state index contributed by atoms with van der Waals surface area (Å²) < 4.78 is 23.0. The molecule has 5 heteroatoms. The normalized spacial score (nSPS) is 20.5. The van der Waals surface area contributed by atoms with Gasteiger partial charge >= 0.3 is 0 Å². The fraction of sp³-hybridized carbons (Fsp3) is 0.562. The molecule has 1 aromatic carbocycles. The highest BCUT2D eigenvalue weighted by Gasteiger charge is 2.32. The lowest BCUT2D eigenvalue weighted by molar-refractivity contribution is -0.130. The highest BCUT2D eigenvalue weighted by atomic mass is 32.2. The Balaban J connectivity index is 2.10. The Bertz CT molecular complexity index is 664. The van der Waals surface area contributed by atoms with Gasteiger partial charge in [-0.1, -0.05) is 12.1 Å². The maximum absolute atomic E-state index is 12.4. The van der Waals surface area contributed by atoms with Crippen molar-refractivity contribution in [2.45, 2.75) is 39.7 Å². The van der Waals surface area contributed by atoms with Crippen LogP contribution in [0, 0.1) is 20.8 Å². The maximum Gasteiger partial charge on any atom is 0.227 e. The minimum absolute atomic E-state index is 0.0107. The summed E-state index contributed by atoms with van der Waals surface area (Å²) in [5, 5.41) is 0. The Morgan fingerprint density at radius 3 is 2.38 bits per heavy atom. The standard InChI is InChI=1S/C16H23NO3S/c1-11-7-13(3)14(8-12(11)2)9-16(18)17(4)15-5-6-21(19,20)10-15/h7-8,15H,5-6,9-10H2,1-4H3. The van der Waals surface area contributed by atoms with Crippen LogP contribution in [0.1, 0.15) is 28.7 Å². The molecule has 1 aliphatic heterocycles. The molecule has 1 aliphatic rings. The predicted molar refractivity (Wildman–Crippen MR) is 84.2 cm³/mol. The van der Waals surface area contributed by atoms with Gasteiger partial charge in [-0.2, -0.15) is 0 Å². The SMILES string of the molecule is Cc1cc(C)c(CC(=O)N(C)C2CCS(=O)(=O)C2)cc1C. The van der Waals surface area contributed by atoms with E-state index in [0.29, 0.717) is 12.8 Å². The highest BCUT2D eigenvalue weighted by molar-refractivity contribution is 7.91. The number of carbonyl (C=O) groups is 1. The molecular formula is C16H23NO3S. The largest absolute Gasteiger partial charge is 0.341 e. The van der Waals surface area contributed by atoms with Crippen molar-refractivity contribution in [1.29, 1.82) is 0 Å². The maximum atomic E-state index is 12.4. The molecule has 1 fully saturated rings. The number of sulfone groups is 1. The lowest BCUT2D eigenvalue weighted by atomic mass is 9.98. The highest BCUT2D eigenvalue weighted by Crippen LogP contribution is 2.20. The lowest BCUT2D eigenvalue weighted by Gasteiger charge is -2.24. The predicted octanol–water partition coefficient (Wildman–Crippen LogP) is 1.80. The van der Waals surface area contributed by atoms with E-state index in [9.17, 15) is 13.2 Å². The molecule has 1 amide bonds. The van der Waals surface area contributed by atoms with E-state index in [1.165, 1.54) is 11.1 Å². The van der Waals surface area contributed by atoms with E-state index in [-0.39, 0.29) is 23.5 Å². The molecule has 21 heavy (non-hydrogen) atoms. The number of aryl methyl sites for hydroxylation is 3. The summed E-state index contributed by atoms with van der Waals surface area (Å²) in [7, 11) is -1.25. The minimum atomic E-state index is -2.96. The first-order chi connectivity index (χ1) is 9.69. The second kappa shape index (κ2) is 5.79. The van der Waals surface area contributed by atoms with Gasteiger partial charge < -0.3 is 4.90 Å². The number of hydrogen-bond acceptors (Lipinski definition) is 3. The first-order valence-corrected chi connectivity index (χ1v) is 9.04. The second-order valence-corrected chi connectivity index (χ2v) is 8.33. The minimum Gasteiger partial charge on any atom is -0.341 e. The van der Waals surface area contributed by atoms with E-state index in [2.05, 4.69) is 19.1 Å². The van der Waals surface area contributed by atoms with E-state index in [4.69, 9.17) is 0 Å². The first kappa shape index (κ1) is 16.0. The number of carbonyl (C=O) groups excluding carboxylic acids is 1. The van der Waals surface area contributed by atoms with Gasteiger partial charge in [0.15, 0.2) is 9.84 Å². The van der Waals surface area contributed by atoms with Crippen LogP contribution in [-0.2, 0) is 21.1 Å². The Kier molecular flexibility index (Phi) is 4.42. The molecular weight excluding hydrogens is 286 g/mol. The van der Waals surface area contributed by atoms with Gasteiger partial charge in [0, 0.05) is 13.1 Å². The van der Waals surface area contributed by atoms with Crippen molar-refractivity contribution in [2.24, 2.45) is 0 Å². The molecule has 0 N–H and O–H groups in total. The summed E-state index contributed by atoms with van der Waals surface area (Å²) in [5.74, 6) is 0.280. The molecule has 1 saturated heterocycles. The topological polar surface area (TPSA) is 54.5 Å². The van der Waals surface area contributed by atoms with Crippen LogP contribution < -0.4 is 0 Å². The molecule has 0 radical (unpaired) electrons. The van der Waals surface area contributed by atoms with Gasteiger partial charge in [0.2, 0.25) is 5.91 Å². The van der Waals surface area contributed by atoms with E-state index < -0.39 is 9.84 Å². The number of likely N-dealkylation sites (N-methyl/N-ethyl adjacent to an activating group) is 1. The molecule has 2 rings (SSSR count). The first-order valence-electron chi connectivity index (χ1n) is 7.22.